The lowest BCUT2D eigenvalue weighted by Crippen LogP contribution is -2.35. The van der Waals surface area contributed by atoms with Crippen molar-refractivity contribution in [2.24, 2.45) is 0 Å². The first kappa shape index (κ1) is 9.96. The molecule has 14 heavy (non-hydrogen) atoms. The molecule has 76 valence electrons. The van der Waals surface area contributed by atoms with E-state index in [9.17, 15) is 4.79 Å². The molecule has 2 heterocycles. The van der Waals surface area contributed by atoms with Crippen LogP contribution in [-0.2, 0) is 0 Å². The van der Waals surface area contributed by atoms with E-state index < -0.39 is 0 Å². The van der Waals surface area contributed by atoms with Gasteiger partial charge in [0.05, 0.1) is 9.21 Å². The average Bonchev–Trinajstić information content (AvgIpc) is 2.75. The van der Waals surface area contributed by atoms with Crippen LogP contribution in [0.15, 0.2) is 12.1 Å². The molecular weight excluding hydrogens is 220 g/mol. The van der Waals surface area contributed by atoms with Crippen LogP contribution in [0.4, 0.5) is 0 Å². The van der Waals surface area contributed by atoms with Gasteiger partial charge in [-0.15, -0.1) is 11.3 Å². The van der Waals surface area contributed by atoms with Gasteiger partial charge in [0, 0.05) is 12.6 Å². The molecule has 0 saturated carbocycles. The number of carbonyl (C=O) groups is 1. The molecule has 5 heteroatoms. The van der Waals surface area contributed by atoms with Gasteiger partial charge >= 0.3 is 0 Å². The number of rotatable bonds is 2. The third-order valence-corrected chi connectivity index (χ3v) is 3.42. The number of thiophene rings is 1. The quantitative estimate of drug-likeness (QED) is 0.809. The van der Waals surface area contributed by atoms with Gasteiger partial charge in [0.15, 0.2) is 0 Å². The molecule has 0 aromatic carbocycles. The molecule has 1 aromatic rings. The second-order valence-electron chi connectivity index (χ2n) is 3.27. The molecule has 0 spiro atoms. The highest BCUT2D eigenvalue weighted by molar-refractivity contribution is 7.17. The van der Waals surface area contributed by atoms with E-state index in [0.717, 1.165) is 19.5 Å². The number of hydrogen-bond donors (Lipinski definition) is 2. The number of nitrogens with one attached hydrogen (secondary N) is 2. The normalized spacial score (nSPS) is 21.1. The van der Waals surface area contributed by atoms with Crippen molar-refractivity contribution in [3.05, 3.63) is 21.3 Å². The highest BCUT2D eigenvalue weighted by atomic mass is 35.5. The lowest BCUT2D eigenvalue weighted by molar-refractivity contribution is 0.0944. The Morgan fingerprint density at radius 2 is 2.50 bits per heavy atom. The zero-order chi connectivity index (χ0) is 9.97. The van der Waals surface area contributed by atoms with Gasteiger partial charge in [0.2, 0.25) is 0 Å². The van der Waals surface area contributed by atoms with E-state index in [1.165, 1.54) is 11.3 Å². The zero-order valence-electron chi connectivity index (χ0n) is 7.55. The summed E-state index contributed by atoms with van der Waals surface area (Å²) >= 11 is 7.06. The van der Waals surface area contributed by atoms with Crippen molar-refractivity contribution in [3.8, 4) is 0 Å². The monoisotopic (exact) mass is 230 g/mol. The predicted molar refractivity (Wildman–Crippen MR) is 58.1 cm³/mol. The van der Waals surface area contributed by atoms with Gasteiger partial charge in [-0.1, -0.05) is 11.6 Å². The van der Waals surface area contributed by atoms with Crippen LogP contribution >= 0.6 is 22.9 Å². The fraction of sp³-hybridized carbons (Fsp3) is 0.444. The molecule has 3 nitrogen and oxygen atoms in total. The van der Waals surface area contributed by atoms with Gasteiger partial charge in [-0.2, -0.15) is 0 Å². The highest BCUT2D eigenvalue weighted by Gasteiger charge is 2.18. The van der Waals surface area contributed by atoms with Gasteiger partial charge in [-0.3, -0.25) is 4.79 Å². The van der Waals surface area contributed by atoms with Crippen molar-refractivity contribution >= 4 is 28.8 Å². The summed E-state index contributed by atoms with van der Waals surface area (Å²) in [5, 5.41) is 6.16. The van der Waals surface area contributed by atoms with E-state index in [2.05, 4.69) is 10.6 Å². The van der Waals surface area contributed by atoms with Crippen LogP contribution in [0, 0.1) is 0 Å². The fourth-order valence-electron chi connectivity index (χ4n) is 1.47. The van der Waals surface area contributed by atoms with Crippen molar-refractivity contribution in [1.29, 1.82) is 0 Å². The molecule has 1 aliphatic heterocycles. The summed E-state index contributed by atoms with van der Waals surface area (Å²) in [6.45, 7) is 1.85. The maximum Gasteiger partial charge on any atom is 0.261 e. The SMILES string of the molecule is O=C(N[C@H]1CCNC1)c1ccc(Cl)s1. The molecule has 1 fully saturated rings. The Balaban J connectivity index is 1.95. The lowest BCUT2D eigenvalue weighted by atomic mass is 10.2. The third-order valence-electron chi connectivity index (χ3n) is 2.19. The minimum absolute atomic E-state index is 0.0180. The first-order valence-electron chi connectivity index (χ1n) is 4.52. The van der Waals surface area contributed by atoms with Crippen LogP contribution < -0.4 is 10.6 Å². The summed E-state index contributed by atoms with van der Waals surface area (Å²) in [6.07, 6.45) is 1.00. The summed E-state index contributed by atoms with van der Waals surface area (Å²) in [5.41, 5.74) is 0. The van der Waals surface area contributed by atoms with Crippen molar-refractivity contribution in [2.75, 3.05) is 13.1 Å². The van der Waals surface area contributed by atoms with Gasteiger partial charge < -0.3 is 10.6 Å². The minimum Gasteiger partial charge on any atom is -0.347 e. The Labute approximate surface area is 91.5 Å². The van der Waals surface area contributed by atoms with E-state index in [1.54, 1.807) is 12.1 Å². The second kappa shape index (κ2) is 4.29. The molecular formula is C9H11ClN2OS. The molecule has 1 saturated heterocycles. The Hall–Kier alpha value is -0.580. The molecule has 1 aliphatic rings. The highest BCUT2D eigenvalue weighted by Crippen LogP contribution is 2.21. The van der Waals surface area contributed by atoms with E-state index in [-0.39, 0.29) is 11.9 Å². The van der Waals surface area contributed by atoms with Crippen molar-refractivity contribution in [2.45, 2.75) is 12.5 Å². The van der Waals surface area contributed by atoms with Gasteiger partial charge in [-0.05, 0) is 25.1 Å². The number of carbonyl (C=O) groups excluding carboxylic acids is 1. The second-order valence-corrected chi connectivity index (χ2v) is 4.98. The average molecular weight is 231 g/mol. The van der Waals surface area contributed by atoms with E-state index >= 15 is 0 Å². The van der Waals surface area contributed by atoms with Crippen LogP contribution in [0.3, 0.4) is 0 Å². The Kier molecular flexibility index (Phi) is 3.05. The summed E-state index contributed by atoms with van der Waals surface area (Å²) in [7, 11) is 0. The first-order valence-corrected chi connectivity index (χ1v) is 5.72. The van der Waals surface area contributed by atoms with Crippen molar-refractivity contribution < 1.29 is 4.79 Å². The topological polar surface area (TPSA) is 41.1 Å². The smallest absolute Gasteiger partial charge is 0.261 e. The third kappa shape index (κ3) is 2.26. The van der Waals surface area contributed by atoms with Crippen LogP contribution in [0.1, 0.15) is 16.1 Å². The van der Waals surface area contributed by atoms with Crippen LogP contribution in [0.2, 0.25) is 4.34 Å². The van der Waals surface area contributed by atoms with E-state index in [0.29, 0.717) is 9.21 Å². The van der Waals surface area contributed by atoms with Gasteiger partial charge in [0.25, 0.3) is 5.91 Å². The molecule has 0 radical (unpaired) electrons. The van der Waals surface area contributed by atoms with E-state index in [4.69, 9.17) is 11.6 Å². The summed E-state index contributed by atoms with van der Waals surface area (Å²) in [5.74, 6) is -0.0180. The zero-order valence-corrected chi connectivity index (χ0v) is 9.12. The molecule has 0 bridgehead atoms. The Morgan fingerprint density at radius 1 is 1.64 bits per heavy atom. The Morgan fingerprint density at radius 3 is 3.07 bits per heavy atom. The fourth-order valence-corrected chi connectivity index (χ4v) is 2.42. The molecule has 2 rings (SSSR count). The van der Waals surface area contributed by atoms with Gasteiger partial charge in [-0.25, -0.2) is 0 Å². The predicted octanol–water partition coefficient (Wildman–Crippen LogP) is 1.49. The summed E-state index contributed by atoms with van der Waals surface area (Å²) < 4.78 is 0.652. The van der Waals surface area contributed by atoms with Crippen LogP contribution in [-0.4, -0.2) is 25.0 Å². The summed E-state index contributed by atoms with van der Waals surface area (Å²) in [6, 6.07) is 3.77. The van der Waals surface area contributed by atoms with E-state index in [1.807, 2.05) is 0 Å². The lowest BCUT2D eigenvalue weighted by Gasteiger charge is -2.09. The number of amides is 1. The van der Waals surface area contributed by atoms with Crippen LogP contribution in [0.5, 0.6) is 0 Å². The first-order chi connectivity index (χ1) is 6.75. The Bertz CT molecular complexity index is 333. The van der Waals surface area contributed by atoms with Crippen molar-refractivity contribution in [3.63, 3.8) is 0 Å². The molecule has 1 aromatic heterocycles. The van der Waals surface area contributed by atoms with Gasteiger partial charge in [0.1, 0.15) is 0 Å². The standard InChI is InChI=1S/C9H11ClN2OS/c10-8-2-1-7(14-8)9(13)12-6-3-4-11-5-6/h1-2,6,11H,3-5H2,(H,12,13)/t6-/m0/s1. The molecule has 2 N–H and O–H groups in total. The molecule has 1 atom stereocenters. The molecule has 0 aliphatic carbocycles. The largest absolute Gasteiger partial charge is 0.347 e. The number of hydrogen-bond acceptors (Lipinski definition) is 3. The molecule has 1 amide bonds. The summed E-state index contributed by atoms with van der Waals surface area (Å²) in [4.78, 5) is 12.3. The number of halogens is 1. The van der Waals surface area contributed by atoms with Crippen molar-refractivity contribution in [1.82, 2.24) is 10.6 Å². The maximum atomic E-state index is 11.6. The van der Waals surface area contributed by atoms with Crippen LogP contribution in [0.25, 0.3) is 0 Å². The maximum absolute atomic E-state index is 11.6. The minimum atomic E-state index is -0.0180. The molecule has 0 unspecified atom stereocenters.